The number of anilines is 1. The first-order valence-corrected chi connectivity index (χ1v) is 5.81. The molecule has 1 unspecified atom stereocenters. The van der Waals surface area contributed by atoms with Crippen LogP contribution in [-0.2, 0) is 4.79 Å². The van der Waals surface area contributed by atoms with Crippen LogP contribution in [0.15, 0.2) is 18.2 Å². The molecule has 92 valence electrons. The second-order valence-electron chi connectivity index (χ2n) is 4.75. The number of carboxylic acids is 1. The Kier molecular flexibility index (Phi) is 2.96. The Labute approximate surface area is 100 Å². The summed E-state index contributed by atoms with van der Waals surface area (Å²) in [5, 5.41) is 18.8. The van der Waals surface area contributed by atoms with Crippen LogP contribution in [0.1, 0.15) is 31.7 Å². The van der Waals surface area contributed by atoms with Crippen LogP contribution >= 0.6 is 0 Å². The molecule has 4 nitrogen and oxygen atoms in total. The van der Waals surface area contributed by atoms with Gasteiger partial charge in [0.1, 0.15) is 5.75 Å². The van der Waals surface area contributed by atoms with Crippen molar-refractivity contribution in [2.75, 3.05) is 11.4 Å². The average molecular weight is 235 g/mol. The Hall–Kier alpha value is -1.71. The fraction of sp³-hybridized carbons (Fsp3) is 0.462. The number of rotatable bonds is 3. The number of nitrogens with zero attached hydrogens (tertiary/aromatic N) is 1. The number of hydrogen-bond donors (Lipinski definition) is 2. The van der Waals surface area contributed by atoms with E-state index in [4.69, 9.17) is 5.11 Å². The van der Waals surface area contributed by atoms with Crippen LogP contribution < -0.4 is 4.90 Å². The van der Waals surface area contributed by atoms with Crippen molar-refractivity contribution in [2.45, 2.75) is 32.2 Å². The maximum atomic E-state index is 10.9. The van der Waals surface area contributed by atoms with Crippen molar-refractivity contribution < 1.29 is 15.0 Å². The molecule has 1 aromatic rings. The van der Waals surface area contributed by atoms with Crippen molar-refractivity contribution in [1.82, 2.24) is 0 Å². The van der Waals surface area contributed by atoms with Crippen molar-refractivity contribution in [1.29, 1.82) is 0 Å². The van der Waals surface area contributed by atoms with Crippen molar-refractivity contribution in [2.24, 2.45) is 0 Å². The number of phenolic OH excluding ortho intramolecular Hbond substituents is 1. The molecule has 17 heavy (non-hydrogen) atoms. The summed E-state index contributed by atoms with van der Waals surface area (Å²) in [5.74, 6) is -0.738. The molecule has 2 rings (SSSR count). The van der Waals surface area contributed by atoms with Gasteiger partial charge >= 0.3 is 5.97 Å². The average Bonchev–Trinajstić information content (AvgIpc) is 2.57. The molecule has 1 aliphatic rings. The molecule has 0 amide bonds. The number of phenols is 1. The van der Waals surface area contributed by atoms with Gasteiger partial charge in [-0.25, -0.2) is 0 Å². The molecule has 0 saturated heterocycles. The van der Waals surface area contributed by atoms with Gasteiger partial charge in [-0.15, -0.1) is 0 Å². The number of hydrogen-bond acceptors (Lipinski definition) is 3. The first-order chi connectivity index (χ1) is 8.00. The van der Waals surface area contributed by atoms with Crippen LogP contribution in [0.5, 0.6) is 5.75 Å². The van der Waals surface area contributed by atoms with Crippen molar-refractivity contribution in [3.8, 4) is 5.75 Å². The molecule has 0 aromatic heterocycles. The number of aromatic hydroxyl groups is 1. The Morgan fingerprint density at radius 3 is 2.82 bits per heavy atom. The van der Waals surface area contributed by atoms with E-state index in [1.54, 1.807) is 12.1 Å². The molecule has 4 heteroatoms. The van der Waals surface area contributed by atoms with Crippen molar-refractivity contribution >= 4 is 11.7 Å². The highest BCUT2D eigenvalue weighted by Gasteiger charge is 2.33. The third-order valence-electron chi connectivity index (χ3n) is 3.24. The first-order valence-electron chi connectivity index (χ1n) is 5.81. The van der Waals surface area contributed by atoms with E-state index in [1.807, 2.05) is 6.07 Å². The van der Waals surface area contributed by atoms with Crippen molar-refractivity contribution in [3.05, 3.63) is 23.8 Å². The van der Waals surface area contributed by atoms with Crippen LogP contribution in [0.4, 0.5) is 5.69 Å². The molecule has 2 N–H and O–H groups in total. The van der Waals surface area contributed by atoms with E-state index in [0.717, 1.165) is 11.3 Å². The highest BCUT2D eigenvalue weighted by molar-refractivity contribution is 5.73. The molecule has 1 heterocycles. The molecule has 0 aliphatic carbocycles. The first kappa shape index (κ1) is 11.8. The van der Waals surface area contributed by atoms with Crippen LogP contribution in [-0.4, -0.2) is 28.8 Å². The predicted octanol–water partition coefficient (Wildman–Crippen LogP) is 2.18. The largest absolute Gasteiger partial charge is 0.508 e. The topological polar surface area (TPSA) is 60.8 Å². The van der Waals surface area contributed by atoms with Gasteiger partial charge in [0, 0.05) is 29.8 Å². The summed E-state index contributed by atoms with van der Waals surface area (Å²) >= 11 is 0. The van der Waals surface area contributed by atoms with E-state index < -0.39 is 5.97 Å². The minimum Gasteiger partial charge on any atom is -0.508 e. The summed E-state index contributed by atoms with van der Waals surface area (Å²) in [4.78, 5) is 13.0. The highest BCUT2D eigenvalue weighted by atomic mass is 16.4. The van der Waals surface area contributed by atoms with E-state index in [0.29, 0.717) is 12.6 Å². The number of aliphatic carboxylic acids is 1. The smallest absolute Gasteiger partial charge is 0.304 e. The van der Waals surface area contributed by atoms with Gasteiger partial charge in [-0.3, -0.25) is 4.79 Å². The minimum absolute atomic E-state index is 0.0633. The molecule has 1 aliphatic heterocycles. The minimum atomic E-state index is -0.824. The second kappa shape index (κ2) is 4.28. The standard InChI is InChI=1S/C13H17NO3/c1-8(2)14-7-9(6-12(16)17)13-10(14)4-3-5-11(13)15/h3-5,8-9,15H,6-7H2,1-2H3,(H,16,17). The van der Waals surface area contributed by atoms with E-state index in [9.17, 15) is 9.90 Å². The number of fused-ring (bicyclic) bond motifs is 1. The lowest BCUT2D eigenvalue weighted by Gasteiger charge is -2.24. The van der Waals surface area contributed by atoms with E-state index in [1.165, 1.54) is 0 Å². The molecule has 0 spiro atoms. The maximum absolute atomic E-state index is 10.9. The zero-order valence-corrected chi connectivity index (χ0v) is 10.1. The third kappa shape index (κ3) is 2.07. The Balaban J connectivity index is 2.41. The molecule has 0 fully saturated rings. The summed E-state index contributed by atoms with van der Waals surface area (Å²) < 4.78 is 0. The summed E-state index contributed by atoms with van der Waals surface area (Å²) in [5.41, 5.74) is 1.75. The quantitative estimate of drug-likeness (QED) is 0.843. The molecule has 0 radical (unpaired) electrons. The van der Waals surface area contributed by atoms with Gasteiger partial charge < -0.3 is 15.1 Å². The summed E-state index contributed by atoms with van der Waals surface area (Å²) in [6, 6.07) is 5.66. The fourth-order valence-electron chi connectivity index (χ4n) is 2.50. The molecular formula is C13H17NO3. The molecular weight excluding hydrogens is 218 g/mol. The Morgan fingerprint density at radius 1 is 1.53 bits per heavy atom. The van der Waals surface area contributed by atoms with Crippen LogP contribution in [0.25, 0.3) is 0 Å². The number of benzene rings is 1. The van der Waals surface area contributed by atoms with Crippen LogP contribution in [0, 0.1) is 0 Å². The lowest BCUT2D eigenvalue weighted by atomic mass is 9.97. The second-order valence-corrected chi connectivity index (χ2v) is 4.75. The van der Waals surface area contributed by atoms with E-state index in [-0.39, 0.29) is 18.1 Å². The highest BCUT2D eigenvalue weighted by Crippen LogP contribution is 2.43. The van der Waals surface area contributed by atoms with Crippen molar-refractivity contribution in [3.63, 3.8) is 0 Å². The van der Waals surface area contributed by atoms with Gasteiger partial charge in [0.2, 0.25) is 0 Å². The summed E-state index contributed by atoms with van der Waals surface area (Å²) in [7, 11) is 0. The van der Waals surface area contributed by atoms with Gasteiger partial charge in [-0.05, 0) is 26.0 Å². The Morgan fingerprint density at radius 2 is 2.24 bits per heavy atom. The maximum Gasteiger partial charge on any atom is 0.304 e. The van der Waals surface area contributed by atoms with Gasteiger partial charge in [-0.1, -0.05) is 6.07 Å². The molecule has 0 bridgehead atoms. The monoisotopic (exact) mass is 235 g/mol. The van der Waals surface area contributed by atoms with E-state index in [2.05, 4.69) is 18.7 Å². The fourth-order valence-corrected chi connectivity index (χ4v) is 2.50. The summed E-state index contributed by atoms with van der Waals surface area (Å²) in [6.07, 6.45) is 0.0633. The lowest BCUT2D eigenvalue weighted by molar-refractivity contribution is -0.137. The lowest BCUT2D eigenvalue weighted by Crippen LogP contribution is -2.29. The van der Waals surface area contributed by atoms with Gasteiger partial charge in [0.05, 0.1) is 6.42 Å². The SMILES string of the molecule is CC(C)N1CC(CC(=O)O)c2c(O)cccc21. The zero-order valence-electron chi connectivity index (χ0n) is 10.1. The molecule has 1 atom stereocenters. The van der Waals surface area contributed by atoms with Crippen LogP contribution in [0.2, 0.25) is 0 Å². The molecule has 0 saturated carbocycles. The number of carbonyl (C=O) groups is 1. The van der Waals surface area contributed by atoms with E-state index >= 15 is 0 Å². The predicted molar refractivity (Wildman–Crippen MR) is 65.6 cm³/mol. The summed E-state index contributed by atoms with van der Waals surface area (Å²) in [6.45, 7) is 4.80. The normalized spacial score (nSPS) is 18.5. The van der Waals surface area contributed by atoms with Gasteiger partial charge in [0.15, 0.2) is 0 Å². The third-order valence-corrected chi connectivity index (χ3v) is 3.24. The zero-order chi connectivity index (χ0) is 12.6. The van der Waals surface area contributed by atoms with Gasteiger partial charge in [0.25, 0.3) is 0 Å². The number of carboxylic acid groups (broad SMARTS) is 1. The van der Waals surface area contributed by atoms with Crippen LogP contribution in [0.3, 0.4) is 0 Å². The van der Waals surface area contributed by atoms with Gasteiger partial charge in [-0.2, -0.15) is 0 Å². The molecule has 1 aromatic carbocycles. The Bertz CT molecular complexity index is 442.